The number of nitrogens with zero attached hydrogens (tertiary/aromatic N) is 2. The Kier molecular flexibility index (Phi) is 7.50. The molecule has 0 unspecified atom stereocenters. The maximum Gasteiger partial charge on any atom is 0.295 e. The van der Waals surface area contributed by atoms with Crippen molar-refractivity contribution >= 4 is 63.7 Å². The van der Waals surface area contributed by atoms with Crippen LogP contribution < -0.4 is 21.5 Å². The molecule has 0 radical (unpaired) electrons. The molecule has 1 amide bonds. The monoisotopic (exact) mass is 491 g/mol. The summed E-state index contributed by atoms with van der Waals surface area (Å²) in [6, 6.07) is 9.19. The van der Waals surface area contributed by atoms with Crippen LogP contribution in [-0.2, 0) is 11.8 Å². The molecule has 0 aliphatic carbocycles. The number of aromatic nitrogens is 2. The van der Waals surface area contributed by atoms with Gasteiger partial charge >= 0.3 is 0 Å². The van der Waals surface area contributed by atoms with Gasteiger partial charge in [0.1, 0.15) is 11.9 Å². The second-order valence-corrected chi connectivity index (χ2v) is 10.5. The van der Waals surface area contributed by atoms with Gasteiger partial charge in [-0.3, -0.25) is 14.3 Å². The first-order valence-corrected chi connectivity index (χ1v) is 10.6. The average molecular weight is 493 g/mol. The first-order valence-electron chi connectivity index (χ1n) is 9.02. The second kappa shape index (κ2) is 9.18. The first kappa shape index (κ1) is 24.5. The van der Waals surface area contributed by atoms with Crippen molar-refractivity contribution in [1.29, 1.82) is 0 Å². The molecule has 2 aromatic rings. The number of carbonyl (C=O) groups is 1. The Morgan fingerprint density at radius 1 is 1.10 bits per heavy atom. The molecule has 0 saturated heterocycles. The van der Waals surface area contributed by atoms with Crippen LogP contribution in [0.25, 0.3) is 5.69 Å². The number of carbonyl (C=O) groups excluding carboxylic acids is 1. The van der Waals surface area contributed by atoms with Gasteiger partial charge in [-0.25, -0.2) is 4.68 Å². The van der Waals surface area contributed by atoms with Crippen molar-refractivity contribution in [2.75, 3.05) is 5.32 Å². The molecule has 0 aliphatic heterocycles. The van der Waals surface area contributed by atoms with Gasteiger partial charge in [-0.15, -0.1) is 0 Å². The van der Waals surface area contributed by atoms with E-state index < -0.39 is 15.4 Å². The van der Waals surface area contributed by atoms with Crippen LogP contribution in [0.3, 0.4) is 0 Å². The largest absolute Gasteiger partial charge is 0.339 e. The Morgan fingerprint density at radius 2 is 1.67 bits per heavy atom. The highest BCUT2D eigenvalue weighted by molar-refractivity contribution is 7.80. The van der Waals surface area contributed by atoms with Crippen molar-refractivity contribution in [3.05, 3.63) is 46.4 Å². The Labute approximate surface area is 195 Å². The van der Waals surface area contributed by atoms with Gasteiger partial charge in [0.2, 0.25) is 9.70 Å². The van der Waals surface area contributed by atoms with Gasteiger partial charge in [0.15, 0.2) is 5.11 Å². The minimum absolute atomic E-state index is 0.0199. The molecule has 11 heteroatoms. The summed E-state index contributed by atoms with van der Waals surface area (Å²) in [7, 11) is 1.76. The minimum Gasteiger partial charge on any atom is -0.339 e. The van der Waals surface area contributed by atoms with Crippen molar-refractivity contribution in [3.63, 3.8) is 0 Å². The Morgan fingerprint density at radius 3 is 2.17 bits per heavy atom. The summed E-state index contributed by atoms with van der Waals surface area (Å²) < 4.78 is 1.33. The van der Waals surface area contributed by atoms with Crippen LogP contribution >= 0.6 is 47.0 Å². The molecule has 1 aromatic heterocycles. The Bertz CT molecular complexity index is 991. The normalized spacial score (nSPS) is 12.9. The molecule has 164 valence electrons. The lowest BCUT2D eigenvalue weighted by molar-refractivity contribution is -0.129. The lowest BCUT2D eigenvalue weighted by Crippen LogP contribution is -2.58. The summed E-state index contributed by atoms with van der Waals surface area (Å²) in [6.07, 6.45) is -1.12. The molecule has 30 heavy (non-hydrogen) atoms. The lowest BCUT2D eigenvalue weighted by atomic mass is 9.95. The van der Waals surface area contributed by atoms with Gasteiger partial charge < -0.3 is 16.0 Å². The van der Waals surface area contributed by atoms with E-state index in [0.29, 0.717) is 11.4 Å². The van der Waals surface area contributed by atoms with Crippen LogP contribution in [0.2, 0.25) is 0 Å². The highest BCUT2D eigenvalue weighted by Crippen LogP contribution is 2.30. The number of rotatable bonds is 4. The Hall–Kier alpha value is -1.74. The molecule has 7 nitrogen and oxygen atoms in total. The smallest absolute Gasteiger partial charge is 0.295 e. The van der Waals surface area contributed by atoms with Gasteiger partial charge in [0, 0.05) is 12.5 Å². The van der Waals surface area contributed by atoms with Crippen LogP contribution in [0.4, 0.5) is 5.69 Å². The molecule has 0 aliphatic rings. The number of anilines is 1. The molecule has 0 bridgehead atoms. The van der Waals surface area contributed by atoms with Crippen LogP contribution in [0, 0.1) is 12.3 Å². The summed E-state index contributed by atoms with van der Waals surface area (Å²) in [5.74, 6) is -0.337. The third-order valence-corrected chi connectivity index (χ3v) is 5.23. The lowest BCUT2D eigenvalue weighted by Gasteiger charge is -2.30. The van der Waals surface area contributed by atoms with E-state index in [1.807, 2.05) is 30.3 Å². The van der Waals surface area contributed by atoms with Crippen molar-refractivity contribution in [2.45, 2.75) is 37.7 Å². The summed E-state index contributed by atoms with van der Waals surface area (Å²) in [6.45, 7) is 6.97. The molecule has 2 rings (SSSR count). The van der Waals surface area contributed by atoms with E-state index >= 15 is 0 Å². The molecular weight excluding hydrogens is 469 g/mol. The number of hydrogen-bond acceptors (Lipinski definition) is 3. The van der Waals surface area contributed by atoms with E-state index in [9.17, 15) is 9.59 Å². The fourth-order valence-corrected chi connectivity index (χ4v) is 3.09. The number of hydrogen-bond donors (Lipinski definition) is 3. The Balaban J connectivity index is 2.27. The fourth-order valence-electron chi connectivity index (χ4n) is 2.54. The molecule has 0 fully saturated rings. The number of halogens is 3. The molecule has 1 atom stereocenters. The molecule has 1 aromatic carbocycles. The van der Waals surface area contributed by atoms with Gasteiger partial charge in [0.25, 0.3) is 5.56 Å². The molecule has 1 heterocycles. The summed E-state index contributed by atoms with van der Waals surface area (Å²) in [5.41, 5.74) is 0.622. The van der Waals surface area contributed by atoms with E-state index in [2.05, 4.69) is 16.0 Å². The van der Waals surface area contributed by atoms with Gasteiger partial charge in [-0.05, 0) is 31.3 Å². The predicted octanol–water partition coefficient (Wildman–Crippen LogP) is 3.63. The number of nitrogens with one attached hydrogen (secondary N) is 3. The van der Waals surface area contributed by atoms with Crippen LogP contribution in [0.1, 0.15) is 26.5 Å². The van der Waals surface area contributed by atoms with Gasteiger partial charge in [-0.2, -0.15) is 0 Å². The van der Waals surface area contributed by atoms with Crippen LogP contribution in [0.15, 0.2) is 35.1 Å². The van der Waals surface area contributed by atoms with E-state index in [4.69, 9.17) is 47.0 Å². The maximum atomic E-state index is 13.0. The summed E-state index contributed by atoms with van der Waals surface area (Å²) in [4.78, 5) is 25.3. The predicted molar refractivity (Wildman–Crippen MR) is 127 cm³/mol. The average Bonchev–Trinajstić information content (AvgIpc) is 2.83. The van der Waals surface area contributed by atoms with E-state index in [0.717, 1.165) is 0 Å². The number of thiocarbonyl (C=S) groups is 1. The summed E-state index contributed by atoms with van der Waals surface area (Å²) >= 11 is 23.3. The van der Waals surface area contributed by atoms with E-state index in [1.54, 1.807) is 39.4 Å². The zero-order valence-electron chi connectivity index (χ0n) is 17.2. The number of benzene rings is 1. The van der Waals surface area contributed by atoms with E-state index in [1.165, 1.54) is 4.68 Å². The third kappa shape index (κ3) is 5.69. The van der Waals surface area contributed by atoms with Crippen molar-refractivity contribution in [2.24, 2.45) is 12.5 Å². The molecule has 0 spiro atoms. The highest BCUT2D eigenvalue weighted by Gasteiger charge is 2.37. The zero-order valence-corrected chi connectivity index (χ0v) is 20.3. The SMILES string of the molecule is Cc1c(NC(=S)N[C@H](NC(=O)C(C)(C)C)C(Cl)(Cl)Cl)c(=O)n(-c2ccccc2)n1C. The third-order valence-electron chi connectivity index (χ3n) is 4.35. The zero-order chi connectivity index (χ0) is 22.9. The van der Waals surface area contributed by atoms with E-state index in [-0.39, 0.29) is 22.3 Å². The number of amides is 1. The number of alkyl halides is 3. The highest BCUT2D eigenvalue weighted by atomic mass is 35.6. The molecule has 0 saturated carbocycles. The number of para-hydroxylation sites is 1. The molecular formula is C19H24Cl3N5O2S. The fraction of sp³-hybridized carbons (Fsp3) is 0.421. The van der Waals surface area contributed by atoms with Crippen molar-refractivity contribution < 1.29 is 4.79 Å². The van der Waals surface area contributed by atoms with Crippen molar-refractivity contribution in [3.8, 4) is 5.69 Å². The van der Waals surface area contributed by atoms with Crippen LogP contribution in [-0.4, -0.2) is 30.3 Å². The topological polar surface area (TPSA) is 80.1 Å². The van der Waals surface area contributed by atoms with Gasteiger partial charge in [0.05, 0.1) is 11.4 Å². The molecule has 3 N–H and O–H groups in total. The maximum absolute atomic E-state index is 13.0. The second-order valence-electron chi connectivity index (χ2n) is 7.73. The summed E-state index contributed by atoms with van der Waals surface area (Å²) in [5, 5.41) is 8.27. The van der Waals surface area contributed by atoms with Crippen LogP contribution in [0.5, 0.6) is 0 Å². The first-order chi connectivity index (χ1) is 13.7. The van der Waals surface area contributed by atoms with Crippen molar-refractivity contribution in [1.82, 2.24) is 20.0 Å². The minimum atomic E-state index is -1.89. The quantitative estimate of drug-likeness (QED) is 0.345. The standard InChI is InChI=1S/C19H24Cl3N5O2S/c1-11-13(14(28)27(26(11)5)12-9-7-6-8-10-12)23-17(30)25-15(19(20,21)22)24-16(29)18(2,3)4/h6-10,15H,1-5H3,(H,24,29)(H2,23,25,30)/t15-/m0/s1. The van der Waals surface area contributed by atoms with Gasteiger partial charge in [-0.1, -0.05) is 73.8 Å².